The van der Waals surface area contributed by atoms with E-state index in [1.165, 1.54) is 5.56 Å². The van der Waals surface area contributed by atoms with E-state index >= 15 is 0 Å². The van der Waals surface area contributed by atoms with Gasteiger partial charge in [0.2, 0.25) is 0 Å². The summed E-state index contributed by atoms with van der Waals surface area (Å²) in [5, 5.41) is 8.66. The summed E-state index contributed by atoms with van der Waals surface area (Å²) in [7, 11) is 2.01. The van der Waals surface area contributed by atoms with Gasteiger partial charge in [-0.25, -0.2) is 4.79 Å². The van der Waals surface area contributed by atoms with Crippen LogP contribution in [-0.4, -0.2) is 18.1 Å². The molecule has 0 spiro atoms. The number of rotatable bonds is 4. The van der Waals surface area contributed by atoms with Crippen molar-refractivity contribution in [2.45, 2.75) is 6.92 Å². The van der Waals surface area contributed by atoms with Crippen LogP contribution >= 0.6 is 15.9 Å². The van der Waals surface area contributed by atoms with Gasteiger partial charge >= 0.3 is 5.97 Å². The van der Waals surface area contributed by atoms with Crippen LogP contribution in [0.15, 0.2) is 53.0 Å². The number of carboxylic acid groups (broad SMARTS) is 1. The number of anilines is 2. The molecule has 0 aliphatic heterocycles. The number of aryl methyl sites for hydroxylation is 1. The van der Waals surface area contributed by atoms with E-state index in [0.29, 0.717) is 0 Å². The molecule has 0 aromatic heterocycles. The Kier molecular flexibility index (Phi) is 4.81. The lowest BCUT2D eigenvalue weighted by molar-refractivity contribution is -0.131. The summed E-state index contributed by atoms with van der Waals surface area (Å²) in [5.74, 6) is -0.952. The number of carbonyl (C=O) groups is 1. The Balaban J connectivity index is 2.33. The van der Waals surface area contributed by atoms with Crippen LogP contribution in [0.1, 0.15) is 11.1 Å². The average molecular weight is 346 g/mol. The molecule has 0 fully saturated rings. The van der Waals surface area contributed by atoms with Crippen molar-refractivity contribution in [2.24, 2.45) is 0 Å². The fourth-order valence-electron chi connectivity index (χ4n) is 2.14. The highest BCUT2D eigenvalue weighted by Gasteiger charge is 2.09. The minimum atomic E-state index is -0.952. The Morgan fingerprint density at radius 3 is 2.52 bits per heavy atom. The van der Waals surface area contributed by atoms with Crippen molar-refractivity contribution in [3.63, 3.8) is 0 Å². The molecule has 0 bridgehead atoms. The third-order valence-electron chi connectivity index (χ3n) is 3.23. The molecular weight excluding hydrogens is 330 g/mol. The van der Waals surface area contributed by atoms with Crippen LogP contribution in [0.25, 0.3) is 6.08 Å². The third-order valence-corrected chi connectivity index (χ3v) is 3.86. The van der Waals surface area contributed by atoms with E-state index in [-0.39, 0.29) is 0 Å². The molecule has 2 rings (SSSR count). The first-order valence-electron chi connectivity index (χ1n) is 6.49. The standard InChI is InChI=1S/C17H16BrNO2/c1-12-5-3-4-6-15(12)19(2)16-9-7-13(11-14(16)18)8-10-17(20)21/h3-11H,1-2H3,(H,20,21)/b10-8+. The van der Waals surface area contributed by atoms with Crippen LogP contribution in [-0.2, 0) is 4.79 Å². The largest absolute Gasteiger partial charge is 0.478 e. The Bertz CT molecular complexity index is 695. The monoisotopic (exact) mass is 345 g/mol. The molecule has 0 aliphatic rings. The maximum atomic E-state index is 10.5. The molecule has 0 unspecified atom stereocenters. The molecular formula is C17H16BrNO2. The normalized spacial score (nSPS) is 10.8. The Hall–Kier alpha value is -2.07. The first-order chi connectivity index (χ1) is 9.99. The second-order valence-electron chi connectivity index (χ2n) is 4.73. The molecule has 2 aromatic rings. The van der Waals surface area contributed by atoms with Gasteiger partial charge < -0.3 is 10.0 Å². The molecule has 108 valence electrons. The predicted octanol–water partition coefficient (Wildman–Crippen LogP) is 4.62. The zero-order valence-electron chi connectivity index (χ0n) is 11.9. The van der Waals surface area contributed by atoms with E-state index in [9.17, 15) is 4.79 Å². The van der Waals surface area contributed by atoms with Gasteiger partial charge in [0.15, 0.2) is 0 Å². The molecule has 0 saturated heterocycles. The molecule has 0 amide bonds. The molecule has 4 heteroatoms. The van der Waals surface area contributed by atoms with Crippen LogP contribution in [0.4, 0.5) is 11.4 Å². The van der Waals surface area contributed by atoms with E-state index < -0.39 is 5.97 Å². The highest BCUT2D eigenvalue weighted by Crippen LogP contribution is 2.33. The van der Waals surface area contributed by atoms with Gasteiger partial charge in [-0.1, -0.05) is 24.3 Å². The highest BCUT2D eigenvalue weighted by molar-refractivity contribution is 9.10. The number of hydrogen-bond acceptors (Lipinski definition) is 2. The van der Waals surface area contributed by atoms with Crippen LogP contribution < -0.4 is 4.90 Å². The lowest BCUT2D eigenvalue weighted by Gasteiger charge is -2.23. The lowest BCUT2D eigenvalue weighted by Crippen LogP contribution is -2.11. The minimum absolute atomic E-state index is 0.839. The topological polar surface area (TPSA) is 40.5 Å². The highest BCUT2D eigenvalue weighted by atomic mass is 79.9. The lowest BCUT2D eigenvalue weighted by atomic mass is 10.1. The Morgan fingerprint density at radius 2 is 1.90 bits per heavy atom. The van der Waals surface area contributed by atoms with Crippen molar-refractivity contribution in [1.29, 1.82) is 0 Å². The molecule has 0 saturated carbocycles. The van der Waals surface area contributed by atoms with Gasteiger partial charge in [-0.3, -0.25) is 0 Å². The van der Waals surface area contributed by atoms with Gasteiger partial charge in [0, 0.05) is 23.3 Å². The summed E-state index contributed by atoms with van der Waals surface area (Å²) in [6, 6.07) is 13.9. The van der Waals surface area contributed by atoms with Crippen LogP contribution in [0.2, 0.25) is 0 Å². The molecule has 0 atom stereocenters. The smallest absolute Gasteiger partial charge is 0.328 e. The Labute approximate surface area is 132 Å². The first-order valence-corrected chi connectivity index (χ1v) is 7.28. The molecule has 1 N–H and O–H groups in total. The molecule has 21 heavy (non-hydrogen) atoms. The van der Waals surface area contributed by atoms with E-state index in [0.717, 1.165) is 27.5 Å². The number of hydrogen-bond donors (Lipinski definition) is 1. The fourth-order valence-corrected chi connectivity index (χ4v) is 2.80. The van der Waals surface area contributed by atoms with Gasteiger partial charge in [-0.2, -0.15) is 0 Å². The molecule has 3 nitrogen and oxygen atoms in total. The average Bonchev–Trinajstić information content (AvgIpc) is 2.45. The predicted molar refractivity (Wildman–Crippen MR) is 90.1 cm³/mol. The summed E-state index contributed by atoms with van der Waals surface area (Å²) in [6.07, 6.45) is 2.71. The fraction of sp³-hybridized carbons (Fsp3) is 0.118. The quantitative estimate of drug-likeness (QED) is 0.821. The maximum absolute atomic E-state index is 10.5. The van der Waals surface area contributed by atoms with E-state index in [1.807, 2.05) is 37.4 Å². The second-order valence-corrected chi connectivity index (χ2v) is 5.58. The van der Waals surface area contributed by atoms with Crippen LogP contribution in [0.5, 0.6) is 0 Å². The van der Waals surface area contributed by atoms with Crippen LogP contribution in [0, 0.1) is 6.92 Å². The van der Waals surface area contributed by atoms with Crippen molar-refractivity contribution < 1.29 is 9.90 Å². The summed E-state index contributed by atoms with van der Waals surface area (Å²) in [6.45, 7) is 2.07. The van der Waals surface area contributed by atoms with Gasteiger partial charge in [-0.15, -0.1) is 0 Å². The SMILES string of the molecule is Cc1ccccc1N(C)c1ccc(/C=C/C(=O)O)cc1Br. The second kappa shape index (κ2) is 6.59. The number of para-hydroxylation sites is 1. The summed E-state index contributed by atoms with van der Waals surface area (Å²) >= 11 is 3.55. The van der Waals surface area contributed by atoms with Gasteiger partial charge in [0.25, 0.3) is 0 Å². The number of aliphatic carboxylic acids is 1. The molecule has 0 aliphatic carbocycles. The van der Waals surface area contributed by atoms with Crippen molar-refractivity contribution in [2.75, 3.05) is 11.9 Å². The maximum Gasteiger partial charge on any atom is 0.328 e. The number of benzene rings is 2. The molecule has 0 radical (unpaired) electrons. The summed E-state index contributed by atoms with van der Waals surface area (Å²) < 4.78 is 0.917. The van der Waals surface area contributed by atoms with Gasteiger partial charge in [-0.05, 0) is 58.3 Å². The number of carboxylic acids is 1. The number of halogens is 1. The van der Waals surface area contributed by atoms with E-state index in [4.69, 9.17) is 5.11 Å². The third kappa shape index (κ3) is 3.73. The summed E-state index contributed by atoms with van der Waals surface area (Å²) in [5.41, 5.74) is 4.19. The van der Waals surface area contributed by atoms with Gasteiger partial charge in [0.05, 0.1) is 5.69 Å². The molecule has 2 aromatic carbocycles. The minimum Gasteiger partial charge on any atom is -0.478 e. The summed E-state index contributed by atoms with van der Waals surface area (Å²) in [4.78, 5) is 12.6. The van der Waals surface area contributed by atoms with Gasteiger partial charge in [0.1, 0.15) is 0 Å². The van der Waals surface area contributed by atoms with Crippen molar-refractivity contribution >= 4 is 39.4 Å². The van der Waals surface area contributed by atoms with E-state index in [2.05, 4.69) is 39.9 Å². The zero-order chi connectivity index (χ0) is 15.4. The zero-order valence-corrected chi connectivity index (χ0v) is 13.5. The van der Waals surface area contributed by atoms with Crippen molar-refractivity contribution in [1.82, 2.24) is 0 Å². The number of nitrogens with zero attached hydrogens (tertiary/aromatic N) is 1. The van der Waals surface area contributed by atoms with Crippen molar-refractivity contribution in [3.05, 3.63) is 64.1 Å². The Morgan fingerprint density at radius 1 is 1.19 bits per heavy atom. The first kappa shape index (κ1) is 15.3. The van der Waals surface area contributed by atoms with E-state index in [1.54, 1.807) is 6.08 Å². The molecule has 0 heterocycles. The van der Waals surface area contributed by atoms with Crippen LogP contribution in [0.3, 0.4) is 0 Å². The van der Waals surface area contributed by atoms with Crippen molar-refractivity contribution in [3.8, 4) is 0 Å².